The maximum atomic E-state index is 12.5. The lowest BCUT2D eigenvalue weighted by atomic mass is 9.90. The Labute approximate surface area is 354 Å². The Morgan fingerprint density at radius 1 is 0.710 bits per heavy atom. The maximum absolute atomic E-state index is 12.5. The molecule has 3 N–H and O–H groups in total. The van der Waals surface area contributed by atoms with E-state index in [1.807, 2.05) is 49.4 Å². The number of fused-ring (bicyclic) bond motifs is 2. The predicted octanol–water partition coefficient (Wildman–Crippen LogP) is 5.22. The molecule has 1 heterocycles. The summed E-state index contributed by atoms with van der Waals surface area (Å²) in [7, 11) is 4.61. The van der Waals surface area contributed by atoms with Gasteiger partial charge in [0, 0.05) is 35.5 Å². The summed E-state index contributed by atoms with van der Waals surface area (Å²) < 4.78 is 35.1. The van der Waals surface area contributed by atoms with Crippen LogP contribution in [0.15, 0.2) is 84.9 Å². The Morgan fingerprint density at radius 3 is 1.95 bits per heavy atom. The van der Waals surface area contributed by atoms with Crippen LogP contribution in [-0.2, 0) is 21.0 Å². The summed E-state index contributed by atoms with van der Waals surface area (Å²) >= 11 is 0. The van der Waals surface area contributed by atoms with Gasteiger partial charge in [0.15, 0.2) is 0 Å². The van der Waals surface area contributed by atoms with Crippen LogP contribution in [0, 0.1) is 17.0 Å². The number of methoxy groups -OCH3 is 2. The van der Waals surface area contributed by atoms with Gasteiger partial charge in [0.1, 0.15) is 79.7 Å². The van der Waals surface area contributed by atoms with Crippen molar-refractivity contribution in [2.24, 2.45) is 0 Å². The van der Waals surface area contributed by atoms with Gasteiger partial charge in [-0.05, 0) is 71.8 Å². The molecule has 0 bridgehead atoms. The number of carboxylic acids is 3. The number of aliphatic carboxylic acids is 3. The Hall–Kier alpha value is -7.95. The molecule has 0 aliphatic carbocycles. The molecule has 0 unspecified atom stereocenters. The number of nitrogens with zero attached hydrogens (tertiary/aromatic N) is 3. The zero-order valence-corrected chi connectivity index (χ0v) is 34.2. The molecule has 0 fully saturated rings. The first-order valence-electron chi connectivity index (χ1n) is 19.0. The van der Waals surface area contributed by atoms with Crippen molar-refractivity contribution >= 4 is 47.1 Å². The van der Waals surface area contributed by atoms with Gasteiger partial charge in [0.25, 0.3) is 5.69 Å². The largest absolute Gasteiger partial charge is 0.497 e. The molecule has 0 saturated carbocycles. The second kappa shape index (κ2) is 19.0. The number of aryl methyl sites for hydroxylation is 1. The number of hydrogen-bond donors (Lipinski definition) is 3. The number of carboxylic acid groups (broad SMARTS) is 3. The smallest absolute Gasteiger partial charge is 0.323 e. The third-order valence-electron chi connectivity index (χ3n) is 9.75. The summed E-state index contributed by atoms with van der Waals surface area (Å²) in [6.45, 7) is 3.31. The van der Waals surface area contributed by atoms with Crippen molar-refractivity contribution in [2.75, 3.05) is 63.9 Å². The number of benzene rings is 5. The van der Waals surface area contributed by atoms with E-state index >= 15 is 0 Å². The molecule has 0 radical (unpaired) electrons. The minimum absolute atomic E-state index is 0.0105. The second-order valence-electron chi connectivity index (χ2n) is 14.1. The molecule has 5 aromatic carbocycles. The van der Waals surface area contributed by atoms with Crippen LogP contribution >= 0.6 is 0 Å². The van der Waals surface area contributed by atoms with Crippen LogP contribution in [0.2, 0.25) is 0 Å². The molecule has 5 aromatic rings. The Balaban J connectivity index is 1.31. The average molecular weight is 850 g/mol. The van der Waals surface area contributed by atoms with E-state index in [2.05, 4.69) is 6.58 Å². The Kier molecular flexibility index (Phi) is 13.3. The van der Waals surface area contributed by atoms with Gasteiger partial charge in [-0.3, -0.25) is 24.5 Å². The molecule has 0 atom stereocenters. The van der Waals surface area contributed by atoms with Crippen LogP contribution in [0.1, 0.15) is 22.3 Å². The molecular weight excluding hydrogens is 807 g/mol. The highest BCUT2D eigenvalue weighted by Crippen LogP contribution is 2.41. The summed E-state index contributed by atoms with van der Waals surface area (Å²) in [4.78, 5) is 49.6. The van der Waals surface area contributed by atoms with Crippen LogP contribution < -0.4 is 48.7 Å². The molecule has 62 heavy (non-hydrogen) atoms. The fraction of sp³-hybridized carbons (Fsp3) is 0.222. The van der Waals surface area contributed by atoms with Crippen molar-refractivity contribution in [3.05, 3.63) is 128 Å². The van der Waals surface area contributed by atoms with Gasteiger partial charge in [-0.2, -0.15) is 0 Å². The van der Waals surface area contributed by atoms with Gasteiger partial charge >= 0.3 is 17.9 Å². The topological polar surface area (TPSA) is 217 Å². The van der Waals surface area contributed by atoms with Crippen molar-refractivity contribution in [2.45, 2.75) is 13.5 Å². The number of anilines is 2. The minimum atomic E-state index is -1.37. The first kappa shape index (κ1) is 43.6. The molecule has 322 valence electrons. The number of rotatable bonds is 20. The van der Waals surface area contributed by atoms with E-state index in [4.69, 9.17) is 28.4 Å². The number of nitro groups is 1. The van der Waals surface area contributed by atoms with Gasteiger partial charge in [-0.1, -0.05) is 24.8 Å². The van der Waals surface area contributed by atoms with E-state index in [0.29, 0.717) is 28.7 Å². The maximum Gasteiger partial charge on any atom is 0.323 e. The van der Waals surface area contributed by atoms with E-state index in [-0.39, 0.29) is 48.3 Å². The quantitative estimate of drug-likeness (QED) is 0.0510. The molecule has 17 nitrogen and oxygen atoms in total. The fourth-order valence-corrected chi connectivity index (χ4v) is 6.95. The normalized spacial score (nSPS) is 11.3. The number of nitro benzene ring substituents is 1. The summed E-state index contributed by atoms with van der Waals surface area (Å²) in [5, 5.41) is 42.9. The lowest BCUT2D eigenvalue weighted by Gasteiger charge is -2.25. The van der Waals surface area contributed by atoms with Gasteiger partial charge in [-0.15, -0.1) is 0 Å². The van der Waals surface area contributed by atoms with Crippen molar-refractivity contribution in [1.82, 2.24) is 0 Å². The highest BCUT2D eigenvalue weighted by molar-refractivity contribution is 5.87. The van der Waals surface area contributed by atoms with Gasteiger partial charge < -0.3 is 53.5 Å². The molecule has 0 saturated heterocycles. The highest BCUT2D eigenvalue weighted by Gasteiger charge is 2.27. The number of hydrogen-bond acceptors (Lipinski definition) is 13. The fourth-order valence-electron chi connectivity index (χ4n) is 6.95. The van der Waals surface area contributed by atoms with Gasteiger partial charge in [0.2, 0.25) is 0 Å². The minimum Gasteiger partial charge on any atom is -0.497 e. The SMILES string of the molecule is C=c1ccc2c(c1)Oc1cc(OCc3cc(N(CC(=O)O)CC(=O)O)c(OCCOc4cc(OC)ccc4N(C)CC(=O)O)cc3[N+](=O)[O-])ccc1C=2c1ccc(OC)cc1C. The molecule has 0 aromatic heterocycles. The first-order valence-corrected chi connectivity index (χ1v) is 19.0. The van der Waals surface area contributed by atoms with E-state index in [1.54, 1.807) is 44.5 Å². The van der Waals surface area contributed by atoms with Gasteiger partial charge in [0.05, 0.1) is 42.1 Å². The third-order valence-corrected chi connectivity index (χ3v) is 9.75. The zero-order valence-electron chi connectivity index (χ0n) is 34.2. The van der Waals surface area contributed by atoms with E-state index in [9.17, 15) is 39.8 Å². The first-order chi connectivity index (χ1) is 29.6. The van der Waals surface area contributed by atoms with Gasteiger partial charge in [-0.25, -0.2) is 0 Å². The molecule has 1 aliphatic rings. The Morgan fingerprint density at radius 2 is 1.32 bits per heavy atom. The summed E-state index contributed by atoms with van der Waals surface area (Å²) in [5.74, 6) is -1.30. The standard InChI is InChI=1S/C45H43N3O14/c1-26-6-10-33-38(16-26)62-39-20-31(8-12-34(39)45(33)32-11-7-29(57-4)17-27(32)2)61-25-28-18-37(47(23-43(51)52)24-44(53)54)41(21-36(28)48(55)56)60-15-14-59-40-19-30(58-5)9-13-35(40)46(3)22-42(49)50/h6-13,16-21H,1,14-15,22-25H2,2-5H3,(H,49,50)(H,51,52)(H,53,54). The van der Waals surface area contributed by atoms with E-state index < -0.39 is 48.2 Å². The number of likely N-dealkylation sites (N-methyl/N-ethyl adjacent to an activating group) is 1. The average Bonchev–Trinajstić information content (AvgIpc) is 3.22. The summed E-state index contributed by atoms with van der Waals surface area (Å²) in [6.07, 6.45) is 0. The van der Waals surface area contributed by atoms with Crippen LogP contribution in [0.25, 0.3) is 12.2 Å². The van der Waals surface area contributed by atoms with Crippen LogP contribution in [0.4, 0.5) is 17.1 Å². The molecule has 1 aliphatic heterocycles. The zero-order chi connectivity index (χ0) is 44.7. The Bertz CT molecular complexity index is 2650. The van der Waals surface area contributed by atoms with E-state index in [1.165, 1.54) is 18.1 Å². The highest BCUT2D eigenvalue weighted by atomic mass is 16.6. The summed E-state index contributed by atoms with van der Waals surface area (Å²) in [6, 6.07) is 23.7. The van der Waals surface area contributed by atoms with Crippen LogP contribution in [0.5, 0.6) is 40.2 Å². The second-order valence-corrected chi connectivity index (χ2v) is 14.1. The molecule has 17 heteroatoms. The predicted molar refractivity (Wildman–Crippen MR) is 227 cm³/mol. The molecule has 0 amide bonds. The number of ether oxygens (including phenoxy) is 6. The lowest BCUT2D eigenvalue weighted by molar-refractivity contribution is -0.385. The van der Waals surface area contributed by atoms with Crippen molar-refractivity contribution in [1.29, 1.82) is 0 Å². The van der Waals surface area contributed by atoms with Crippen molar-refractivity contribution in [3.63, 3.8) is 0 Å². The summed E-state index contributed by atoms with van der Waals surface area (Å²) in [5.41, 5.74) is 3.48. The van der Waals surface area contributed by atoms with Crippen molar-refractivity contribution in [3.8, 4) is 40.2 Å². The monoisotopic (exact) mass is 849 g/mol. The molecule has 0 spiro atoms. The van der Waals surface area contributed by atoms with Crippen LogP contribution in [-0.4, -0.2) is 92.3 Å². The van der Waals surface area contributed by atoms with Crippen LogP contribution in [0.3, 0.4) is 0 Å². The molecule has 6 rings (SSSR count). The third kappa shape index (κ3) is 10.1. The number of carbonyl (C=O) groups is 3. The lowest BCUT2D eigenvalue weighted by Crippen LogP contribution is -2.35. The van der Waals surface area contributed by atoms with E-state index in [0.717, 1.165) is 43.7 Å². The molecular formula is C45H43N3O14. The van der Waals surface area contributed by atoms with Crippen molar-refractivity contribution < 1.29 is 63.0 Å².